The highest BCUT2D eigenvalue weighted by atomic mass is 16.7. The van der Waals surface area contributed by atoms with E-state index in [1.165, 1.54) is 31.2 Å². The number of aliphatic hydroxyl groups excluding tert-OH is 2. The quantitative estimate of drug-likeness (QED) is 0.204. The lowest BCUT2D eigenvalue weighted by Crippen LogP contribution is -2.75. The van der Waals surface area contributed by atoms with Crippen molar-refractivity contribution in [3.63, 3.8) is 0 Å². The minimum Gasteiger partial charge on any atom is -0.509 e. The second-order valence-electron chi connectivity index (χ2n) is 10.1. The number of rotatable bonds is 4. The first-order valence-corrected chi connectivity index (χ1v) is 11.3. The average Bonchev–Trinajstić information content (AvgIpc) is 2.79. The van der Waals surface area contributed by atoms with E-state index in [4.69, 9.17) is 16.3 Å². The van der Waals surface area contributed by atoms with Crippen LogP contribution in [0.4, 0.5) is 0 Å². The van der Waals surface area contributed by atoms with Gasteiger partial charge in [-0.3, -0.25) is 14.4 Å². The van der Waals surface area contributed by atoms with E-state index in [9.17, 15) is 39.9 Å². The third kappa shape index (κ3) is 3.17. The molecule has 0 fully saturated rings. The number of carbonyl (C=O) groups excluding carboxylic acids is 3. The van der Waals surface area contributed by atoms with Crippen LogP contribution in [0, 0.1) is 11.8 Å². The predicted molar refractivity (Wildman–Crippen MR) is 129 cm³/mol. The van der Waals surface area contributed by atoms with E-state index in [1.54, 1.807) is 7.05 Å². The molecule has 0 radical (unpaired) electrons. The van der Waals surface area contributed by atoms with Gasteiger partial charge in [0.2, 0.25) is 5.78 Å². The molecule has 3 aliphatic rings. The lowest BCUT2D eigenvalue weighted by atomic mass is 9.49. The van der Waals surface area contributed by atoms with Gasteiger partial charge in [-0.15, -0.1) is 0 Å². The minimum absolute atomic E-state index is 0.0730. The molecule has 1 amide bonds. The van der Waals surface area contributed by atoms with E-state index in [2.05, 4.69) is 6.58 Å². The molecule has 198 valence electrons. The topological polar surface area (TPSA) is 217 Å². The molecule has 4 rings (SSSR count). The van der Waals surface area contributed by atoms with Crippen LogP contribution in [-0.2, 0) is 21.0 Å². The lowest BCUT2D eigenvalue weighted by Gasteiger charge is -2.58. The van der Waals surface area contributed by atoms with Crippen molar-refractivity contribution in [2.24, 2.45) is 23.3 Å². The molecule has 0 aliphatic heterocycles. The summed E-state index contributed by atoms with van der Waals surface area (Å²) in [6, 6.07) is 3.05. The molecular weight excluding hydrogens is 486 g/mol. The molecule has 0 saturated carbocycles. The van der Waals surface area contributed by atoms with E-state index in [-0.39, 0.29) is 28.8 Å². The van der Waals surface area contributed by atoms with Gasteiger partial charge >= 0.3 is 0 Å². The van der Waals surface area contributed by atoms with Crippen LogP contribution in [-0.4, -0.2) is 79.0 Å². The smallest absolute Gasteiger partial charge is 0.255 e. The van der Waals surface area contributed by atoms with E-state index >= 15 is 0 Å². The van der Waals surface area contributed by atoms with Crippen LogP contribution in [0.15, 0.2) is 41.4 Å². The molecular formula is C25H29N3O9. The number of carbonyl (C=O) groups is 3. The number of hydroxylamine groups is 2. The number of fused-ring (bicyclic) bond motifs is 3. The predicted octanol–water partition coefficient (Wildman–Crippen LogP) is -0.267. The summed E-state index contributed by atoms with van der Waals surface area (Å²) in [5, 5.41) is 58.0. The van der Waals surface area contributed by atoms with E-state index in [0.717, 1.165) is 6.92 Å². The van der Waals surface area contributed by atoms with Gasteiger partial charge in [0.15, 0.2) is 11.4 Å². The summed E-state index contributed by atoms with van der Waals surface area (Å²) in [7, 11) is 3.01. The van der Waals surface area contributed by atoms with Crippen molar-refractivity contribution in [1.82, 2.24) is 5.06 Å². The van der Waals surface area contributed by atoms with Crippen LogP contribution in [0.1, 0.15) is 35.3 Å². The highest BCUT2D eigenvalue weighted by Crippen LogP contribution is 2.60. The maximum absolute atomic E-state index is 13.8. The highest BCUT2D eigenvalue weighted by molar-refractivity contribution is 6.25. The van der Waals surface area contributed by atoms with Crippen LogP contribution in [0.2, 0.25) is 0 Å². The van der Waals surface area contributed by atoms with Crippen LogP contribution >= 0.6 is 0 Å². The number of ketones is 2. The Morgan fingerprint density at radius 1 is 1.16 bits per heavy atom. The number of phenols is 1. The number of nitrogens with zero attached hydrogens (tertiary/aromatic N) is 1. The van der Waals surface area contributed by atoms with Gasteiger partial charge < -0.3 is 41.8 Å². The maximum atomic E-state index is 13.8. The third-order valence-corrected chi connectivity index (χ3v) is 7.79. The Kier molecular flexibility index (Phi) is 5.71. The van der Waals surface area contributed by atoms with Gasteiger partial charge in [-0.25, -0.2) is 0 Å². The second-order valence-corrected chi connectivity index (χ2v) is 10.1. The zero-order valence-electron chi connectivity index (χ0n) is 20.7. The fourth-order valence-corrected chi connectivity index (χ4v) is 6.19. The Morgan fingerprint density at radius 2 is 1.76 bits per heavy atom. The van der Waals surface area contributed by atoms with Gasteiger partial charge in [-0.2, -0.15) is 5.06 Å². The molecule has 5 atom stereocenters. The Balaban J connectivity index is 2.05. The molecule has 0 aromatic heterocycles. The summed E-state index contributed by atoms with van der Waals surface area (Å²) < 4.78 is 0. The zero-order chi connectivity index (χ0) is 28.0. The van der Waals surface area contributed by atoms with Gasteiger partial charge in [-0.1, -0.05) is 18.7 Å². The lowest BCUT2D eigenvalue weighted by molar-refractivity contribution is -0.179. The van der Waals surface area contributed by atoms with Gasteiger partial charge in [0, 0.05) is 18.5 Å². The molecule has 1 aromatic carbocycles. The van der Waals surface area contributed by atoms with Crippen LogP contribution in [0.5, 0.6) is 5.75 Å². The molecule has 0 unspecified atom stereocenters. The van der Waals surface area contributed by atoms with Gasteiger partial charge in [0.05, 0.1) is 41.8 Å². The molecule has 0 spiro atoms. The largest absolute Gasteiger partial charge is 0.509 e. The number of amides is 1. The van der Waals surface area contributed by atoms with Crippen molar-refractivity contribution >= 4 is 23.0 Å². The van der Waals surface area contributed by atoms with Crippen LogP contribution in [0.3, 0.4) is 0 Å². The number of hydrogen-bond acceptors (Lipinski definition) is 11. The SMILES string of the molecule is C=C1c2ccc(CN(C)OC)c(O)c2C(=O)C2=C(O)[C@]3(O)C(=O)C(C(N)=O)=C(O)[C@@](C)(N)[C@@H]3[C@@](C)(O)[C@H]12. The van der Waals surface area contributed by atoms with Crippen molar-refractivity contribution in [3.8, 4) is 5.75 Å². The maximum Gasteiger partial charge on any atom is 0.255 e. The molecule has 1 aromatic rings. The zero-order valence-corrected chi connectivity index (χ0v) is 20.7. The van der Waals surface area contributed by atoms with E-state index in [0.29, 0.717) is 0 Å². The van der Waals surface area contributed by atoms with E-state index in [1.807, 2.05) is 0 Å². The Bertz CT molecular complexity index is 1360. The number of aromatic hydroxyl groups is 1. The first-order valence-electron chi connectivity index (χ1n) is 11.3. The number of Topliss-reactive ketones (excluding diaryl/α,β-unsaturated/α-hetero) is 2. The summed E-state index contributed by atoms with van der Waals surface area (Å²) in [5.74, 6) is -9.82. The third-order valence-electron chi connectivity index (χ3n) is 7.79. The summed E-state index contributed by atoms with van der Waals surface area (Å²) in [4.78, 5) is 44.3. The molecule has 0 heterocycles. The Morgan fingerprint density at radius 3 is 2.30 bits per heavy atom. The van der Waals surface area contributed by atoms with Gasteiger partial charge in [0.1, 0.15) is 22.8 Å². The van der Waals surface area contributed by atoms with Crippen molar-refractivity contribution in [2.45, 2.75) is 37.1 Å². The monoisotopic (exact) mass is 515 g/mol. The molecule has 0 saturated heterocycles. The summed E-state index contributed by atoms with van der Waals surface area (Å²) in [5.41, 5.74) is 2.57. The van der Waals surface area contributed by atoms with Crippen LogP contribution < -0.4 is 11.5 Å². The molecule has 12 heteroatoms. The molecule has 0 bridgehead atoms. The second kappa shape index (κ2) is 7.97. The van der Waals surface area contributed by atoms with Crippen molar-refractivity contribution < 1.29 is 44.8 Å². The normalized spacial score (nSPS) is 33.5. The number of nitrogens with two attached hydrogens (primary N) is 2. The highest BCUT2D eigenvalue weighted by Gasteiger charge is 2.72. The number of primary amides is 1. The number of phenolic OH excluding ortho intramolecular Hbond substituents is 1. The van der Waals surface area contributed by atoms with E-state index < -0.39 is 74.5 Å². The number of hydrogen-bond donors (Lipinski definition) is 7. The number of aliphatic hydroxyl groups is 4. The summed E-state index contributed by atoms with van der Waals surface area (Å²) in [6.07, 6.45) is 0. The average molecular weight is 516 g/mol. The fourth-order valence-electron chi connectivity index (χ4n) is 6.19. The molecule has 37 heavy (non-hydrogen) atoms. The van der Waals surface area contributed by atoms with Crippen molar-refractivity contribution in [3.05, 3.63) is 58.1 Å². The number of benzene rings is 1. The standard InChI is InChI=1S/C25H29N3O9/c1-9-11-7-6-10(8-28(4)37-5)16(29)12(11)17(30)13-15(9)24(3,35)22-23(2,27)18(31)14(21(26)34)20(33)25(22,36)19(13)32/h6-7,15,22,29,31-32,35-36H,1,8,27H2,2-5H3,(H2,26,34)/t15-,22-,23-,24+,25+/m1/s1. The first-order chi connectivity index (χ1) is 17.0. The van der Waals surface area contributed by atoms with Crippen molar-refractivity contribution in [2.75, 3.05) is 14.2 Å². The molecule has 3 aliphatic carbocycles. The minimum atomic E-state index is -3.12. The first kappa shape index (κ1) is 26.5. The van der Waals surface area contributed by atoms with Gasteiger partial charge in [0.25, 0.3) is 5.91 Å². The fraction of sp³-hybridized carbons (Fsp3) is 0.400. The van der Waals surface area contributed by atoms with Crippen LogP contribution in [0.25, 0.3) is 5.57 Å². The van der Waals surface area contributed by atoms with Crippen molar-refractivity contribution in [1.29, 1.82) is 0 Å². The molecule has 9 N–H and O–H groups in total. The molecule has 12 nitrogen and oxygen atoms in total. The summed E-state index contributed by atoms with van der Waals surface area (Å²) in [6.45, 7) is 6.37. The Labute approximate surface area is 211 Å². The van der Waals surface area contributed by atoms with Gasteiger partial charge in [-0.05, 0) is 25.0 Å². The Hall–Kier alpha value is -3.55. The summed E-state index contributed by atoms with van der Waals surface area (Å²) >= 11 is 0.